The number of nitrogens with two attached hydrogens (primary N) is 1. The van der Waals surface area contributed by atoms with Crippen molar-refractivity contribution in [2.45, 2.75) is 38.3 Å². The second kappa shape index (κ2) is 7.14. The lowest BCUT2D eigenvalue weighted by molar-refractivity contribution is -0.133. The first-order chi connectivity index (χ1) is 9.65. The Bertz CT molecular complexity index is 464. The van der Waals surface area contributed by atoms with Gasteiger partial charge in [-0.25, -0.2) is 0 Å². The van der Waals surface area contributed by atoms with Gasteiger partial charge in [-0.3, -0.25) is 4.79 Å². The summed E-state index contributed by atoms with van der Waals surface area (Å²) in [5, 5.41) is 0. The number of amides is 1. The van der Waals surface area contributed by atoms with Crippen LogP contribution < -0.4 is 5.73 Å². The topological polar surface area (TPSA) is 46.3 Å². The quantitative estimate of drug-likeness (QED) is 0.907. The van der Waals surface area contributed by atoms with Crippen LogP contribution in [-0.4, -0.2) is 35.4 Å². The molecule has 110 valence electrons. The molecular formula is C16H24N2OS. The Labute approximate surface area is 125 Å². The van der Waals surface area contributed by atoms with Crippen molar-refractivity contribution in [1.29, 1.82) is 0 Å². The second-order valence-corrected chi connectivity index (χ2v) is 6.42. The van der Waals surface area contributed by atoms with Crippen LogP contribution in [0.25, 0.3) is 0 Å². The van der Waals surface area contributed by atoms with E-state index in [0.29, 0.717) is 0 Å². The Morgan fingerprint density at radius 3 is 2.95 bits per heavy atom. The largest absolute Gasteiger partial charge is 0.334 e. The average Bonchev–Trinajstić information content (AvgIpc) is 2.93. The van der Waals surface area contributed by atoms with Crippen molar-refractivity contribution in [1.82, 2.24) is 4.90 Å². The van der Waals surface area contributed by atoms with Crippen LogP contribution in [0.1, 0.15) is 36.4 Å². The summed E-state index contributed by atoms with van der Waals surface area (Å²) in [6.07, 6.45) is 4.92. The van der Waals surface area contributed by atoms with Gasteiger partial charge in [0.15, 0.2) is 0 Å². The normalized spacial score (nSPS) is 20.1. The van der Waals surface area contributed by atoms with Crippen LogP contribution >= 0.6 is 11.8 Å². The smallest absolute Gasteiger partial charge is 0.240 e. The maximum atomic E-state index is 12.5. The number of nitrogens with zero attached hydrogens (tertiary/aromatic N) is 1. The van der Waals surface area contributed by atoms with E-state index in [1.807, 2.05) is 17.2 Å². The molecule has 0 bridgehead atoms. The molecule has 1 aliphatic rings. The number of hydrogen-bond donors (Lipinski definition) is 1. The third-order valence-corrected chi connectivity index (χ3v) is 4.68. The summed E-state index contributed by atoms with van der Waals surface area (Å²) in [5.41, 5.74) is 8.59. The highest BCUT2D eigenvalue weighted by molar-refractivity contribution is 7.98. The van der Waals surface area contributed by atoms with Crippen molar-refractivity contribution in [2.75, 3.05) is 18.6 Å². The van der Waals surface area contributed by atoms with E-state index < -0.39 is 0 Å². The van der Waals surface area contributed by atoms with Crippen molar-refractivity contribution in [2.24, 2.45) is 5.73 Å². The molecule has 0 aliphatic carbocycles. The summed E-state index contributed by atoms with van der Waals surface area (Å²) >= 11 is 1.74. The van der Waals surface area contributed by atoms with Gasteiger partial charge >= 0.3 is 0 Å². The maximum Gasteiger partial charge on any atom is 0.240 e. The van der Waals surface area contributed by atoms with Crippen LogP contribution in [0.3, 0.4) is 0 Å². The molecule has 1 aliphatic heterocycles. The minimum absolute atomic E-state index is 0.116. The minimum atomic E-state index is -0.355. The average molecular weight is 292 g/mol. The molecule has 0 radical (unpaired) electrons. The Balaban J connectivity index is 2.11. The molecule has 0 aromatic heterocycles. The highest BCUT2D eigenvalue weighted by Crippen LogP contribution is 2.34. The third-order valence-electron chi connectivity index (χ3n) is 4.03. The molecule has 1 unspecified atom stereocenters. The van der Waals surface area contributed by atoms with E-state index in [2.05, 4.69) is 25.1 Å². The van der Waals surface area contributed by atoms with Gasteiger partial charge in [-0.15, -0.1) is 0 Å². The zero-order chi connectivity index (χ0) is 14.5. The number of benzene rings is 1. The molecule has 0 spiro atoms. The fourth-order valence-electron chi connectivity index (χ4n) is 2.90. The third kappa shape index (κ3) is 3.36. The summed E-state index contributed by atoms with van der Waals surface area (Å²) in [7, 11) is 0. The predicted octanol–water partition coefficient (Wildman–Crippen LogP) is 2.74. The lowest BCUT2D eigenvalue weighted by atomic mass is 9.99. The fraction of sp³-hybridized carbons (Fsp3) is 0.562. The Kier molecular flexibility index (Phi) is 5.49. The molecular weight excluding hydrogens is 268 g/mol. The molecule has 3 nitrogen and oxygen atoms in total. The summed E-state index contributed by atoms with van der Waals surface area (Å²) in [6, 6.07) is 8.21. The molecule has 1 aromatic carbocycles. The van der Waals surface area contributed by atoms with E-state index in [1.165, 1.54) is 11.1 Å². The van der Waals surface area contributed by atoms with E-state index in [9.17, 15) is 4.79 Å². The van der Waals surface area contributed by atoms with Gasteiger partial charge in [0.05, 0.1) is 12.1 Å². The molecule has 2 rings (SSSR count). The molecule has 1 fully saturated rings. The molecule has 2 atom stereocenters. The summed E-state index contributed by atoms with van der Waals surface area (Å²) < 4.78 is 0. The number of carbonyl (C=O) groups excluding carboxylic acids is 1. The molecule has 0 saturated carbocycles. The molecule has 1 amide bonds. The van der Waals surface area contributed by atoms with Gasteiger partial charge in [-0.05, 0) is 49.3 Å². The number of hydrogen-bond acceptors (Lipinski definition) is 3. The van der Waals surface area contributed by atoms with Crippen LogP contribution in [0.5, 0.6) is 0 Å². The summed E-state index contributed by atoms with van der Waals surface area (Å²) in [6.45, 7) is 2.95. The van der Waals surface area contributed by atoms with Crippen molar-refractivity contribution in [3.8, 4) is 0 Å². The van der Waals surface area contributed by atoms with E-state index in [0.717, 1.165) is 31.6 Å². The standard InChI is InChI=1S/C16H24N2OS/c1-12-6-3-4-7-13(12)15-8-5-10-18(15)16(19)14(17)9-11-20-2/h3-4,6-7,14-15H,5,8-11,17H2,1-2H3/t14-,15?/m1/s1. The van der Waals surface area contributed by atoms with Gasteiger partial charge in [-0.1, -0.05) is 24.3 Å². The fourth-order valence-corrected chi connectivity index (χ4v) is 3.39. The van der Waals surface area contributed by atoms with Gasteiger partial charge in [0.1, 0.15) is 0 Å². The molecule has 20 heavy (non-hydrogen) atoms. The van der Waals surface area contributed by atoms with E-state index in [4.69, 9.17) is 5.73 Å². The summed E-state index contributed by atoms with van der Waals surface area (Å²) in [5.74, 6) is 1.06. The van der Waals surface area contributed by atoms with Crippen LogP contribution in [0, 0.1) is 6.92 Å². The van der Waals surface area contributed by atoms with Crippen molar-refractivity contribution in [3.05, 3.63) is 35.4 Å². The van der Waals surface area contributed by atoms with Gasteiger partial charge in [-0.2, -0.15) is 11.8 Å². The van der Waals surface area contributed by atoms with Crippen LogP contribution in [-0.2, 0) is 4.79 Å². The summed E-state index contributed by atoms with van der Waals surface area (Å²) in [4.78, 5) is 14.5. The van der Waals surface area contributed by atoms with Crippen molar-refractivity contribution >= 4 is 17.7 Å². The van der Waals surface area contributed by atoms with Crippen molar-refractivity contribution in [3.63, 3.8) is 0 Å². The molecule has 2 N–H and O–H groups in total. The molecule has 1 heterocycles. The van der Waals surface area contributed by atoms with Crippen molar-refractivity contribution < 1.29 is 4.79 Å². The second-order valence-electron chi connectivity index (χ2n) is 5.43. The highest BCUT2D eigenvalue weighted by Gasteiger charge is 2.32. The molecule has 4 heteroatoms. The molecule has 1 aromatic rings. The first kappa shape index (κ1) is 15.4. The predicted molar refractivity (Wildman–Crippen MR) is 85.8 cm³/mol. The van der Waals surface area contributed by atoms with Gasteiger partial charge < -0.3 is 10.6 Å². The van der Waals surface area contributed by atoms with Crippen LogP contribution in [0.2, 0.25) is 0 Å². The Hall–Kier alpha value is -1.00. The first-order valence-electron chi connectivity index (χ1n) is 7.25. The number of likely N-dealkylation sites (tertiary alicyclic amines) is 1. The number of thioether (sulfide) groups is 1. The Morgan fingerprint density at radius 1 is 1.50 bits per heavy atom. The van der Waals surface area contributed by atoms with Crippen LogP contribution in [0.4, 0.5) is 0 Å². The number of carbonyl (C=O) groups is 1. The lowest BCUT2D eigenvalue weighted by Crippen LogP contribution is -2.43. The van der Waals surface area contributed by atoms with Gasteiger partial charge in [0, 0.05) is 6.54 Å². The van der Waals surface area contributed by atoms with E-state index in [1.54, 1.807) is 11.8 Å². The monoisotopic (exact) mass is 292 g/mol. The molecule has 1 saturated heterocycles. The maximum absolute atomic E-state index is 12.5. The van der Waals surface area contributed by atoms with Gasteiger partial charge in [0.2, 0.25) is 5.91 Å². The van der Waals surface area contributed by atoms with E-state index in [-0.39, 0.29) is 18.0 Å². The zero-order valence-electron chi connectivity index (χ0n) is 12.3. The van der Waals surface area contributed by atoms with E-state index >= 15 is 0 Å². The lowest BCUT2D eigenvalue weighted by Gasteiger charge is -2.28. The Morgan fingerprint density at radius 2 is 2.25 bits per heavy atom. The highest BCUT2D eigenvalue weighted by atomic mass is 32.2. The number of aryl methyl sites for hydroxylation is 1. The first-order valence-corrected chi connectivity index (χ1v) is 8.65. The zero-order valence-corrected chi connectivity index (χ0v) is 13.2. The van der Waals surface area contributed by atoms with Gasteiger partial charge in [0.25, 0.3) is 0 Å². The minimum Gasteiger partial charge on any atom is -0.334 e. The number of rotatable bonds is 5. The van der Waals surface area contributed by atoms with Crippen LogP contribution in [0.15, 0.2) is 24.3 Å². The SMILES string of the molecule is CSCC[C@@H](N)C(=O)N1CCCC1c1ccccc1C.